The fourth-order valence-electron chi connectivity index (χ4n) is 1.62. The van der Waals surface area contributed by atoms with Crippen LogP contribution in [0.15, 0.2) is 29.6 Å². The molecule has 2 aromatic rings. The van der Waals surface area contributed by atoms with Gasteiger partial charge in [-0.1, -0.05) is 12.1 Å². The molecule has 1 atom stereocenters. The number of carbonyl (C=O) groups is 1. The first-order chi connectivity index (χ1) is 8.99. The Morgan fingerprint density at radius 2 is 1.95 bits per heavy atom. The SMILES string of the molecule is CC(c1nc(-c2ccc(C(=O)O)cc2)cs1)N(C)C. The van der Waals surface area contributed by atoms with Crippen LogP contribution in [0.3, 0.4) is 0 Å². The Morgan fingerprint density at radius 1 is 1.32 bits per heavy atom. The monoisotopic (exact) mass is 276 g/mol. The predicted octanol–water partition coefficient (Wildman–Crippen LogP) is 3.13. The molecule has 0 bridgehead atoms. The van der Waals surface area contributed by atoms with Gasteiger partial charge in [0.05, 0.1) is 17.3 Å². The van der Waals surface area contributed by atoms with Crippen LogP contribution in [-0.2, 0) is 0 Å². The van der Waals surface area contributed by atoms with Crippen molar-refractivity contribution in [2.45, 2.75) is 13.0 Å². The number of benzene rings is 1. The molecule has 0 saturated heterocycles. The molecule has 0 aliphatic rings. The molecule has 19 heavy (non-hydrogen) atoms. The Bertz CT molecular complexity index is 575. The molecule has 1 unspecified atom stereocenters. The molecule has 1 heterocycles. The van der Waals surface area contributed by atoms with Crippen LogP contribution in [0.1, 0.15) is 28.3 Å². The van der Waals surface area contributed by atoms with Crippen LogP contribution in [0.4, 0.5) is 0 Å². The molecule has 4 nitrogen and oxygen atoms in total. The minimum Gasteiger partial charge on any atom is -0.478 e. The van der Waals surface area contributed by atoms with E-state index in [9.17, 15) is 4.79 Å². The van der Waals surface area contributed by atoms with Crippen LogP contribution in [0, 0.1) is 0 Å². The van der Waals surface area contributed by atoms with Gasteiger partial charge in [0, 0.05) is 10.9 Å². The van der Waals surface area contributed by atoms with Crippen molar-refractivity contribution < 1.29 is 9.90 Å². The van der Waals surface area contributed by atoms with Crippen molar-refractivity contribution in [1.29, 1.82) is 0 Å². The lowest BCUT2D eigenvalue weighted by atomic mass is 10.1. The summed E-state index contributed by atoms with van der Waals surface area (Å²) in [5.41, 5.74) is 2.13. The quantitative estimate of drug-likeness (QED) is 0.932. The number of thiazole rings is 1. The van der Waals surface area contributed by atoms with Crippen molar-refractivity contribution in [3.05, 3.63) is 40.2 Å². The minimum atomic E-state index is -0.910. The first-order valence-electron chi connectivity index (χ1n) is 5.94. The second-order valence-electron chi connectivity index (χ2n) is 4.59. The number of nitrogens with zero attached hydrogens (tertiary/aromatic N) is 2. The smallest absolute Gasteiger partial charge is 0.335 e. The minimum absolute atomic E-state index is 0.275. The fraction of sp³-hybridized carbons (Fsp3) is 0.286. The second kappa shape index (κ2) is 5.50. The maximum Gasteiger partial charge on any atom is 0.335 e. The van der Waals surface area contributed by atoms with Crippen molar-refractivity contribution in [3.8, 4) is 11.3 Å². The average Bonchev–Trinajstić information content (AvgIpc) is 2.87. The van der Waals surface area contributed by atoms with Crippen LogP contribution >= 0.6 is 11.3 Å². The normalized spacial score (nSPS) is 12.6. The van der Waals surface area contributed by atoms with Gasteiger partial charge in [-0.15, -0.1) is 11.3 Å². The molecule has 1 aromatic heterocycles. The van der Waals surface area contributed by atoms with Crippen molar-refractivity contribution >= 4 is 17.3 Å². The number of aromatic carboxylic acids is 1. The van der Waals surface area contributed by atoms with E-state index in [0.717, 1.165) is 16.3 Å². The summed E-state index contributed by atoms with van der Waals surface area (Å²) in [4.78, 5) is 17.5. The van der Waals surface area contributed by atoms with E-state index in [1.54, 1.807) is 35.6 Å². The molecule has 0 spiro atoms. The van der Waals surface area contributed by atoms with E-state index < -0.39 is 5.97 Å². The zero-order chi connectivity index (χ0) is 14.0. The van der Waals surface area contributed by atoms with E-state index in [2.05, 4.69) is 16.8 Å². The maximum absolute atomic E-state index is 10.8. The van der Waals surface area contributed by atoms with E-state index in [4.69, 9.17) is 5.11 Å². The third kappa shape index (κ3) is 3.00. The summed E-state index contributed by atoms with van der Waals surface area (Å²) < 4.78 is 0. The molecule has 5 heteroatoms. The van der Waals surface area contributed by atoms with Crippen LogP contribution in [-0.4, -0.2) is 35.1 Å². The molecule has 0 amide bonds. The Balaban J connectivity index is 2.25. The Morgan fingerprint density at radius 3 is 2.47 bits per heavy atom. The standard InChI is InChI=1S/C14H16N2O2S/c1-9(16(2)3)13-15-12(8-19-13)10-4-6-11(7-5-10)14(17)18/h4-9H,1-3H3,(H,17,18). The summed E-state index contributed by atoms with van der Waals surface area (Å²) in [6.07, 6.45) is 0. The van der Waals surface area contributed by atoms with Gasteiger partial charge in [-0.3, -0.25) is 0 Å². The molecule has 0 radical (unpaired) electrons. The van der Waals surface area contributed by atoms with Crippen LogP contribution in [0.25, 0.3) is 11.3 Å². The fourth-order valence-corrected chi connectivity index (χ4v) is 2.60. The number of carboxylic acid groups (broad SMARTS) is 1. The van der Waals surface area contributed by atoms with E-state index in [-0.39, 0.29) is 6.04 Å². The molecule has 2 rings (SSSR count). The largest absolute Gasteiger partial charge is 0.478 e. The number of hydrogen-bond acceptors (Lipinski definition) is 4. The predicted molar refractivity (Wildman–Crippen MR) is 76.6 cm³/mol. The third-order valence-corrected chi connectivity index (χ3v) is 4.10. The first kappa shape index (κ1) is 13.7. The summed E-state index contributed by atoms with van der Waals surface area (Å²) in [6, 6.07) is 7.07. The van der Waals surface area contributed by atoms with E-state index in [1.165, 1.54) is 0 Å². The Labute approximate surface area is 116 Å². The summed E-state index contributed by atoms with van der Waals surface area (Å²) >= 11 is 1.62. The maximum atomic E-state index is 10.8. The number of carboxylic acids is 1. The molecule has 1 aromatic carbocycles. The number of aromatic nitrogens is 1. The number of hydrogen-bond donors (Lipinski definition) is 1. The van der Waals surface area contributed by atoms with Gasteiger partial charge in [-0.25, -0.2) is 9.78 Å². The van der Waals surface area contributed by atoms with Crippen molar-refractivity contribution in [2.24, 2.45) is 0 Å². The van der Waals surface area contributed by atoms with Gasteiger partial charge in [0.2, 0.25) is 0 Å². The Hall–Kier alpha value is -1.72. The van der Waals surface area contributed by atoms with E-state index in [0.29, 0.717) is 5.56 Å². The highest BCUT2D eigenvalue weighted by Gasteiger charge is 2.13. The molecule has 0 fully saturated rings. The molecule has 0 aliphatic carbocycles. The van der Waals surface area contributed by atoms with Crippen molar-refractivity contribution in [3.63, 3.8) is 0 Å². The van der Waals surface area contributed by atoms with Gasteiger partial charge in [-0.05, 0) is 33.2 Å². The topological polar surface area (TPSA) is 53.4 Å². The van der Waals surface area contributed by atoms with Gasteiger partial charge in [0.25, 0.3) is 0 Å². The highest BCUT2D eigenvalue weighted by molar-refractivity contribution is 7.10. The first-order valence-corrected chi connectivity index (χ1v) is 6.82. The zero-order valence-corrected chi connectivity index (χ0v) is 11.9. The lowest BCUT2D eigenvalue weighted by molar-refractivity contribution is 0.0697. The molecular weight excluding hydrogens is 260 g/mol. The van der Waals surface area contributed by atoms with Gasteiger partial charge >= 0.3 is 5.97 Å². The van der Waals surface area contributed by atoms with Gasteiger partial charge in [-0.2, -0.15) is 0 Å². The van der Waals surface area contributed by atoms with E-state index in [1.807, 2.05) is 19.5 Å². The second-order valence-corrected chi connectivity index (χ2v) is 5.48. The summed E-state index contributed by atoms with van der Waals surface area (Å²) in [6.45, 7) is 2.11. The Kier molecular flexibility index (Phi) is 3.97. The summed E-state index contributed by atoms with van der Waals surface area (Å²) in [5.74, 6) is -0.910. The number of rotatable bonds is 4. The zero-order valence-electron chi connectivity index (χ0n) is 11.1. The van der Waals surface area contributed by atoms with E-state index >= 15 is 0 Å². The molecule has 100 valence electrons. The molecular formula is C14H16N2O2S. The molecule has 1 N–H and O–H groups in total. The van der Waals surface area contributed by atoms with Crippen molar-refractivity contribution in [2.75, 3.05) is 14.1 Å². The highest BCUT2D eigenvalue weighted by atomic mass is 32.1. The lowest BCUT2D eigenvalue weighted by Gasteiger charge is -2.16. The summed E-state index contributed by atoms with van der Waals surface area (Å²) in [7, 11) is 4.04. The van der Waals surface area contributed by atoms with Crippen LogP contribution in [0.2, 0.25) is 0 Å². The van der Waals surface area contributed by atoms with Gasteiger partial charge < -0.3 is 10.0 Å². The molecule has 0 saturated carbocycles. The average molecular weight is 276 g/mol. The van der Waals surface area contributed by atoms with Crippen LogP contribution < -0.4 is 0 Å². The molecule has 0 aliphatic heterocycles. The lowest BCUT2D eigenvalue weighted by Crippen LogP contribution is -2.16. The summed E-state index contributed by atoms with van der Waals surface area (Å²) in [5, 5.41) is 11.9. The van der Waals surface area contributed by atoms with Crippen molar-refractivity contribution in [1.82, 2.24) is 9.88 Å². The van der Waals surface area contributed by atoms with Crippen LogP contribution in [0.5, 0.6) is 0 Å². The third-order valence-electron chi connectivity index (χ3n) is 3.08. The van der Waals surface area contributed by atoms with Gasteiger partial charge in [0.1, 0.15) is 5.01 Å². The van der Waals surface area contributed by atoms with Gasteiger partial charge in [0.15, 0.2) is 0 Å². The highest BCUT2D eigenvalue weighted by Crippen LogP contribution is 2.27.